The molecule has 30 heavy (non-hydrogen) atoms. The van der Waals surface area contributed by atoms with Gasteiger partial charge in [0.1, 0.15) is 22.9 Å². The SMILES string of the molecule is CCC(C)Oc1ccc(Nc2nc(Nc3ccc(F)cc3)ncc2C(F)(F)F)cc1. The summed E-state index contributed by atoms with van der Waals surface area (Å²) in [5.74, 6) is -0.282. The smallest absolute Gasteiger partial charge is 0.421 e. The molecule has 0 bridgehead atoms. The summed E-state index contributed by atoms with van der Waals surface area (Å²) >= 11 is 0. The number of ether oxygens (including phenoxy) is 1. The van der Waals surface area contributed by atoms with Crippen LogP contribution in [0.5, 0.6) is 5.75 Å². The number of benzene rings is 2. The van der Waals surface area contributed by atoms with E-state index in [0.29, 0.717) is 23.3 Å². The average Bonchev–Trinajstić information content (AvgIpc) is 2.70. The first-order valence-corrected chi connectivity index (χ1v) is 9.25. The Hall–Kier alpha value is -3.36. The molecule has 1 aromatic heterocycles. The minimum Gasteiger partial charge on any atom is -0.491 e. The molecule has 1 unspecified atom stereocenters. The molecule has 0 aliphatic heterocycles. The van der Waals surface area contributed by atoms with E-state index in [9.17, 15) is 17.6 Å². The summed E-state index contributed by atoms with van der Waals surface area (Å²) in [6, 6.07) is 11.8. The van der Waals surface area contributed by atoms with Gasteiger partial charge in [0.15, 0.2) is 0 Å². The third-order valence-electron chi connectivity index (χ3n) is 4.22. The van der Waals surface area contributed by atoms with Crippen LogP contribution in [0.25, 0.3) is 0 Å². The van der Waals surface area contributed by atoms with Crippen LogP contribution in [-0.4, -0.2) is 16.1 Å². The van der Waals surface area contributed by atoms with Crippen LogP contribution in [0.3, 0.4) is 0 Å². The summed E-state index contributed by atoms with van der Waals surface area (Å²) in [7, 11) is 0. The topological polar surface area (TPSA) is 59.1 Å². The van der Waals surface area contributed by atoms with Crippen molar-refractivity contribution in [2.24, 2.45) is 0 Å². The molecule has 3 rings (SSSR count). The van der Waals surface area contributed by atoms with Gasteiger partial charge in [0.05, 0.1) is 6.10 Å². The van der Waals surface area contributed by atoms with Crippen molar-refractivity contribution in [1.29, 1.82) is 0 Å². The number of alkyl halides is 3. The molecular weight excluding hydrogens is 400 g/mol. The second-order valence-corrected chi connectivity index (χ2v) is 6.57. The predicted molar refractivity (Wildman–Crippen MR) is 107 cm³/mol. The van der Waals surface area contributed by atoms with Crippen LogP contribution in [0, 0.1) is 5.82 Å². The molecule has 0 spiro atoms. The summed E-state index contributed by atoms with van der Waals surface area (Å²) in [5, 5.41) is 5.44. The first kappa shape index (κ1) is 21.4. The zero-order valence-electron chi connectivity index (χ0n) is 16.3. The minimum atomic E-state index is -4.64. The van der Waals surface area contributed by atoms with Gasteiger partial charge < -0.3 is 15.4 Å². The van der Waals surface area contributed by atoms with Crippen molar-refractivity contribution < 1.29 is 22.3 Å². The molecule has 5 nitrogen and oxygen atoms in total. The lowest BCUT2D eigenvalue weighted by atomic mass is 10.2. The van der Waals surface area contributed by atoms with Gasteiger partial charge in [-0.25, -0.2) is 9.37 Å². The monoisotopic (exact) mass is 420 g/mol. The van der Waals surface area contributed by atoms with Gasteiger partial charge in [0.2, 0.25) is 5.95 Å². The van der Waals surface area contributed by atoms with Crippen molar-refractivity contribution >= 4 is 23.1 Å². The van der Waals surface area contributed by atoms with Gasteiger partial charge in [-0.1, -0.05) is 6.92 Å². The van der Waals surface area contributed by atoms with Crippen molar-refractivity contribution in [3.8, 4) is 5.75 Å². The van der Waals surface area contributed by atoms with E-state index in [1.165, 1.54) is 24.3 Å². The van der Waals surface area contributed by atoms with E-state index in [1.807, 2.05) is 13.8 Å². The van der Waals surface area contributed by atoms with E-state index >= 15 is 0 Å². The largest absolute Gasteiger partial charge is 0.491 e. The highest BCUT2D eigenvalue weighted by molar-refractivity contribution is 5.63. The maximum absolute atomic E-state index is 13.4. The van der Waals surface area contributed by atoms with E-state index in [2.05, 4.69) is 20.6 Å². The third kappa shape index (κ3) is 5.59. The fourth-order valence-corrected chi connectivity index (χ4v) is 2.48. The average molecular weight is 420 g/mol. The second-order valence-electron chi connectivity index (χ2n) is 6.57. The van der Waals surface area contributed by atoms with Crippen LogP contribution in [0.15, 0.2) is 54.7 Å². The molecule has 158 valence electrons. The van der Waals surface area contributed by atoms with Crippen LogP contribution in [-0.2, 0) is 6.18 Å². The van der Waals surface area contributed by atoms with Gasteiger partial charge in [-0.15, -0.1) is 0 Å². The Balaban J connectivity index is 1.84. The maximum atomic E-state index is 13.4. The molecule has 0 aliphatic rings. The molecule has 1 heterocycles. The molecule has 2 aromatic carbocycles. The summed E-state index contributed by atoms with van der Waals surface area (Å²) in [4.78, 5) is 7.68. The molecule has 1 atom stereocenters. The highest BCUT2D eigenvalue weighted by atomic mass is 19.4. The lowest BCUT2D eigenvalue weighted by molar-refractivity contribution is -0.137. The number of rotatable bonds is 7. The number of hydrogen-bond donors (Lipinski definition) is 2. The van der Waals surface area contributed by atoms with E-state index in [0.717, 1.165) is 6.42 Å². The van der Waals surface area contributed by atoms with Crippen molar-refractivity contribution in [2.45, 2.75) is 32.5 Å². The Morgan fingerprint density at radius 3 is 2.17 bits per heavy atom. The van der Waals surface area contributed by atoms with Gasteiger partial charge >= 0.3 is 6.18 Å². The number of halogens is 4. The Kier molecular flexibility index (Phi) is 6.39. The Labute approximate surface area is 171 Å². The normalized spacial score (nSPS) is 12.3. The first-order chi connectivity index (χ1) is 14.2. The first-order valence-electron chi connectivity index (χ1n) is 9.25. The van der Waals surface area contributed by atoms with Gasteiger partial charge in [-0.3, -0.25) is 0 Å². The van der Waals surface area contributed by atoms with Crippen LogP contribution < -0.4 is 15.4 Å². The molecule has 0 saturated heterocycles. The quantitative estimate of drug-likeness (QED) is 0.440. The van der Waals surface area contributed by atoms with Crippen molar-refractivity contribution in [2.75, 3.05) is 10.6 Å². The molecule has 9 heteroatoms. The maximum Gasteiger partial charge on any atom is 0.421 e. The Bertz CT molecular complexity index is 976. The van der Waals surface area contributed by atoms with Crippen LogP contribution in [0.2, 0.25) is 0 Å². The van der Waals surface area contributed by atoms with E-state index in [-0.39, 0.29) is 12.1 Å². The number of hydrogen-bond acceptors (Lipinski definition) is 5. The van der Waals surface area contributed by atoms with Gasteiger partial charge in [-0.2, -0.15) is 18.2 Å². The fraction of sp³-hybridized carbons (Fsp3) is 0.238. The number of nitrogens with one attached hydrogen (secondary N) is 2. The van der Waals surface area contributed by atoms with E-state index in [1.54, 1.807) is 24.3 Å². The number of anilines is 4. The van der Waals surface area contributed by atoms with E-state index in [4.69, 9.17) is 4.74 Å². The highest BCUT2D eigenvalue weighted by Gasteiger charge is 2.35. The van der Waals surface area contributed by atoms with E-state index < -0.39 is 23.4 Å². The molecule has 0 fully saturated rings. The molecule has 2 N–H and O–H groups in total. The summed E-state index contributed by atoms with van der Waals surface area (Å²) in [6.07, 6.45) is -3.08. The number of aromatic nitrogens is 2. The lowest BCUT2D eigenvalue weighted by Gasteiger charge is -2.16. The van der Waals surface area contributed by atoms with Gasteiger partial charge in [0, 0.05) is 17.6 Å². The highest BCUT2D eigenvalue weighted by Crippen LogP contribution is 2.35. The fourth-order valence-electron chi connectivity index (χ4n) is 2.48. The summed E-state index contributed by atoms with van der Waals surface area (Å²) in [6.45, 7) is 3.92. The second kappa shape index (κ2) is 8.98. The third-order valence-corrected chi connectivity index (χ3v) is 4.22. The van der Waals surface area contributed by atoms with Gasteiger partial charge in [0.25, 0.3) is 0 Å². The van der Waals surface area contributed by atoms with Crippen LogP contribution in [0.1, 0.15) is 25.8 Å². The lowest BCUT2D eigenvalue weighted by Crippen LogP contribution is -2.13. The molecule has 0 aliphatic carbocycles. The molecule has 3 aromatic rings. The van der Waals surface area contributed by atoms with Crippen LogP contribution in [0.4, 0.5) is 40.7 Å². The molecule has 0 saturated carbocycles. The predicted octanol–water partition coefficient (Wildman–Crippen LogP) is 6.30. The van der Waals surface area contributed by atoms with Crippen LogP contribution >= 0.6 is 0 Å². The molecule has 0 radical (unpaired) electrons. The van der Waals surface area contributed by atoms with Crippen molar-refractivity contribution in [1.82, 2.24) is 9.97 Å². The standard InChI is InChI=1S/C21H20F4N4O/c1-3-13(2)30-17-10-8-15(9-11-17)27-19-18(21(23,24)25)12-26-20(29-19)28-16-6-4-14(22)5-7-16/h4-13H,3H2,1-2H3,(H2,26,27,28,29). The molecule has 0 amide bonds. The Morgan fingerprint density at radius 2 is 1.57 bits per heavy atom. The summed E-state index contributed by atoms with van der Waals surface area (Å²) < 4.78 is 58.9. The number of nitrogens with zero attached hydrogens (tertiary/aromatic N) is 2. The molecular formula is C21H20F4N4O. The Morgan fingerprint density at radius 1 is 0.967 bits per heavy atom. The summed E-state index contributed by atoms with van der Waals surface area (Å²) in [5.41, 5.74) is -0.163. The van der Waals surface area contributed by atoms with Gasteiger partial charge in [-0.05, 0) is 61.9 Å². The zero-order chi connectivity index (χ0) is 21.7. The zero-order valence-corrected chi connectivity index (χ0v) is 16.3. The minimum absolute atomic E-state index is 0.0302. The van der Waals surface area contributed by atoms with Crippen molar-refractivity contribution in [3.05, 3.63) is 66.1 Å². The van der Waals surface area contributed by atoms with Crippen molar-refractivity contribution in [3.63, 3.8) is 0 Å².